The second-order valence-corrected chi connectivity index (χ2v) is 5.94. The quantitative estimate of drug-likeness (QED) is 0.859. The molecule has 1 aromatic heterocycles. The molecule has 0 spiro atoms. The van der Waals surface area contributed by atoms with Crippen LogP contribution in [0.25, 0.3) is 0 Å². The molecule has 3 N–H and O–H groups in total. The highest BCUT2D eigenvalue weighted by Gasteiger charge is 2.27. The zero-order chi connectivity index (χ0) is 13.7. The number of rotatable bonds is 5. The van der Waals surface area contributed by atoms with Crippen LogP contribution in [0.15, 0.2) is 11.6 Å². The maximum atomic E-state index is 12.0. The monoisotopic (exact) mass is 282 g/mol. The fourth-order valence-electron chi connectivity index (χ4n) is 2.64. The number of carbonyl (C=O) groups excluding carboxylic acids is 1. The Kier molecular flexibility index (Phi) is 5.30. The van der Waals surface area contributed by atoms with Gasteiger partial charge in [0.25, 0.3) is 0 Å². The van der Waals surface area contributed by atoms with Crippen LogP contribution in [0.2, 0.25) is 0 Å². The first-order valence-electron chi connectivity index (χ1n) is 6.86. The van der Waals surface area contributed by atoms with Gasteiger partial charge in [-0.25, -0.2) is 4.98 Å². The number of aromatic nitrogens is 1. The maximum absolute atomic E-state index is 12.0. The van der Waals surface area contributed by atoms with Gasteiger partial charge in [0.15, 0.2) is 5.13 Å². The lowest BCUT2D eigenvalue weighted by molar-refractivity contribution is -0.118. The van der Waals surface area contributed by atoms with Crippen molar-refractivity contribution in [1.82, 2.24) is 9.88 Å². The van der Waals surface area contributed by atoms with Crippen LogP contribution in [-0.2, 0) is 4.79 Å². The van der Waals surface area contributed by atoms with E-state index in [2.05, 4.69) is 22.1 Å². The summed E-state index contributed by atoms with van der Waals surface area (Å²) in [5.41, 5.74) is 5.84. The van der Waals surface area contributed by atoms with Crippen LogP contribution in [0.1, 0.15) is 26.2 Å². The van der Waals surface area contributed by atoms with Crippen molar-refractivity contribution in [1.29, 1.82) is 0 Å². The molecule has 1 fully saturated rings. The second-order valence-electron chi connectivity index (χ2n) is 5.04. The predicted octanol–water partition coefficient (Wildman–Crippen LogP) is 1.53. The van der Waals surface area contributed by atoms with Gasteiger partial charge in [-0.15, -0.1) is 11.3 Å². The van der Waals surface area contributed by atoms with E-state index in [1.807, 2.05) is 5.38 Å². The van der Waals surface area contributed by atoms with E-state index in [0.717, 1.165) is 25.3 Å². The number of piperidine rings is 1. The molecule has 0 aliphatic carbocycles. The van der Waals surface area contributed by atoms with Crippen LogP contribution < -0.4 is 11.1 Å². The molecule has 2 atom stereocenters. The Morgan fingerprint density at radius 2 is 2.53 bits per heavy atom. The molecule has 1 aliphatic rings. The Morgan fingerprint density at radius 3 is 3.16 bits per heavy atom. The minimum absolute atomic E-state index is 0.00310. The van der Waals surface area contributed by atoms with Crippen molar-refractivity contribution in [2.75, 3.05) is 25.0 Å². The van der Waals surface area contributed by atoms with Crippen molar-refractivity contribution in [3.63, 3.8) is 0 Å². The Labute approximate surface area is 118 Å². The lowest BCUT2D eigenvalue weighted by atomic mass is 9.89. The van der Waals surface area contributed by atoms with Gasteiger partial charge < -0.3 is 11.1 Å². The Bertz CT molecular complexity index is 395. The molecule has 1 aromatic rings. The SMILES string of the molecule is CCC1CCN(CC(=O)Nc2nccs2)C(CN)C1. The summed E-state index contributed by atoms with van der Waals surface area (Å²) in [7, 11) is 0. The number of nitrogens with zero attached hydrogens (tertiary/aromatic N) is 2. The first-order chi connectivity index (χ1) is 9.22. The number of anilines is 1. The fraction of sp³-hybridized carbons (Fsp3) is 0.692. The third-order valence-electron chi connectivity index (χ3n) is 3.82. The van der Waals surface area contributed by atoms with Crippen LogP contribution in [0, 0.1) is 5.92 Å². The summed E-state index contributed by atoms with van der Waals surface area (Å²) in [4.78, 5) is 18.2. The number of hydrogen-bond acceptors (Lipinski definition) is 5. The van der Waals surface area contributed by atoms with Crippen LogP contribution in [-0.4, -0.2) is 41.5 Å². The van der Waals surface area contributed by atoms with Gasteiger partial charge in [0.1, 0.15) is 0 Å². The molecule has 2 rings (SSSR count). The lowest BCUT2D eigenvalue weighted by Gasteiger charge is -2.38. The van der Waals surface area contributed by atoms with E-state index in [9.17, 15) is 4.79 Å². The molecule has 0 aromatic carbocycles. The smallest absolute Gasteiger partial charge is 0.240 e. The second kappa shape index (κ2) is 6.98. The molecule has 6 heteroatoms. The number of amides is 1. The molecule has 2 heterocycles. The number of likely N-dealkylation sites (tertiary alicyclic amines) is 1. The van der Waals surface area contributed by atoms with E-state index in [1.165, 1.54) is 17.8 Å². The largest absolute Gasteiger partial charge is 0.329 e. The molecule has 106 valence electrons. The van der Waals surface area contributed by atoms with Gasteiger partial charge in [-0.2, -0.15) is 0 Å². The molecule has 0 radical (unpaired) electrons. The number of nitrogens with two attached hydrogens (primary N) is 1. The van der Waals surface area contributed by atoms with Crippen molar-refractivity contribution >= 4 is 22.4 Å². The summed E-state index contributed by atoms with van der Waals surface area (Å²) in [5, 5.41) is 5.34. The topological polar surface area (TPSA) is 71.2 Å². The van der Waals surface area contributed by atoms with Crippen molar-refractivity contribution in [3.05, 3.63) is 11.6 Å². The van der Waals surface area contributed by atoms with Crippen LogP contribution in [0.5, 0.6) is 0 Å². The van der Waals surface area contributed by atoms with Gasteiger partial charge in [-0.3, -0.25) is 9.69 Å². The summed E-state index contributed by atoms with van der Waals surface area (Å²) >= 11 is 1.44. The van der Waals surface area contributed by atoms with Crippen LogP contribution in [0.4, 0.5) is 5.13 Å². The van der Waals surface area contributed by atoms with Crippen molar-refractivity contribution in [3.8, 4) is 0 Å². The van der Waals surface area contributed by atoms with Gasteiger partial charge >= 0.3 is 0 Å². The van der Waals surface area contributed by atoms with E-state index >= 15 is 0 Å². The van der Waals surface area contributed by atoms with Crippen molar-refractivity contribution < 1.29 is 4.79 Å². The van der Waals surface area contributed by atoms with Gasteiger partial charge in [-0.05, 0) is 25.3 Å². The molecular formula is C13H22N4OS. The van der Waals surface area contributed by atoms with E-state index in [4.69, 9.17) is 5.73 Å². The van der Waals surface area contributed by atoms with E-state index in [-0.39, 0.29) is 5.91 Å². The Morgan fingerprint density at radius 1 is 1.68 bits per heavy atom. The summed E-state index contributed by atoms with van der Waals surface area (Å²) in [6.45, 7) is 4.23. The molecular weight excluding hydrogens is 260 g/mol. The van der Waals surface area contributed by atoms with Gasteiger partial charge in [0, 0.05) is 24.2 Å². The van der Waals surface area contributed by atoms with Gasteiger partial charge in [0.2, 0.25) is 5.91 Å². The average Bonchev–Trinajstić information content (AvgIpc) is 2.91. The molecule has 0 bridgehead atoms. The minimum atomic E-state index is 0.00310. The summed E-state index contributed by atoms with van der Waals surface area (Å²) in [6.07, 6.45) is 5.17. The number of carbonyl (C=O) groups is 1. The molecule has 1 amide bonds. The molecule has 1 aliphatic heterocycles. The van der Waals surface area contributed by atoms with Crippen molar-refractivity contribution in [2.24, 2.45) is 11.7 Å². The first kappa shape index (κ1) is 14.4. The maximum Gasteiger partial charge on any atom is 0.240 e. The number of nitrogens with one attached hydrogen (secondary N) is 1. The highest BCUT2D eigenvalue weighted by molar-refractivity contribution is 7.13. The standard InChI is InChI=1S/C13H22N4OS/c1-2-10-3-5-17(11(7-10)8-14)9-12(18)16-13-15-4-6-19-13/h4,6,10-11H,2-3,5,7-9,14H2,1H3,(H,15,16,18). The molecule has 0 saturated carbocycles. The fourth-order valence-corrected chi connectivity index (χ4v) is 3.18. The number of hydrogen-bond donors (Lipinski definition) is 2. The van der Waals surface area contributed by atoms with Crippen molar-refractivity contribution in [2.45, 2.75) is 32.2 Å². The Balaban J connectivity index is 1.85. The van der Waals surface area contributed by atoms with Crippen LogP contribution in [0.3, 0.4) is 0 Å². The summed E-state index contributed by atoms with van der Waals surface area (Å²) in [5.74, 6) is 0.759. The predicted molar refractivity (Wildman–Crippen MR) is 78.2 cm³/mol. The van der Waals surface area contributed by atoms with E-state index in [0.29, 0.717) is 24.3 Å². The van der Waals surface area contributed by atoms with Gasteiger partial charge in [-0.1, -0.05) is 13.3 Å². The first-order valence-corrected chi connectivity index (χ1v) is 7.74. The zero-order valence-electron chi connectivity index (χ0n) is 11.3. The number of thiazole rings is 1. The highest BCUT2D eigenvalue weighted by Crippen LogP contribution is 2.24. The highest BCUT2D eigenvalue weighted by atomic mass is 32.1. The molecule has 5 nitrogen and oxygen atoms in total. The minimum Gasteiger partial charge on any atom is -0.329 e. The van der Waals surface area contributed by atoms with E-state index in [1.54, 1.807) is 6.20 Å². The van der Waals surface area contributed by atoms with E-state index < -0.39 is 0 Å². The average molecular weight is 282 g/mol. The Hall–Kier alpha value is -0.980. The third kappa shape index (κ3) is 3.99. The molecule has 19 heavy (non-hydrogen) atoms. The zero-order valence-corrected chi connectivity index (χ0v) is 12.2. The lowest BCUT2D eigenvalue weighted by Crippen LogP contribution is -2.49. The normalized spacial score (nSPS) is 24.3. The van der Waals surface area contributed by atoms with Crippen LogP contribution >= 0.6 is 11.3 Å². The summed E-state index contributed by atoms with van der Waals surface area (Å²) in [6, 6.07) is 0.334. The van der Waals surface area contributed by atoms with Gasteiger partial charge in [0.05, 0.1) is 6.54 Å². The third-order valence-corrected chi connectivity index (χ3v) is 4.51. The molecule has 2 unspecified atom stereocenters. The summed E-state index contributed by atoms with van der Waals surface area (Å²) < 4.78 is 0. The molecule has 1 saturated heterocycles.